The summed E-state index contributed by atoms with van der Waals surface area (Å²) in [6, 6.07) is 4.19. The van der Waals surface area contributed by atoms with E-state index in [4.69, 9.17) is 5.73 Å². The van der Waals surface area contributed by atoms with E-state index in [0.29, 0.717) is 0 Å². The lowest BCUT2D eigenvalue weighted by Crippen LogP contribution is -2.30. The maximum absolute atomic E-state index is 5.58. The first-order valence-corrected chi connectivity index (χ1v) is 4.14. The Labute approximate surface area is 73.0 Å². The molecule has 1 unspecified atom stereocenters. The average molecular weight is 165 g/mol. The van der Waals surface area contributed by atoms with Gasteiger partial charge in [-0.15, -0.1) is 0 Å². The number of nitrogens with one attached hydrogen (secondary N) is 1. The van der Waals surface area contributed by atoms with Gasteiger partial charge in [-0.3, -0.25) is 4.98 Å². The highest BCUT2D eigenvalue weighted by Gasteiger charge is 1.93. The van der Waals surface area contributed by atoms with E-state index in [1.807, 2.05) is 25.3 Å². The maximum Gasteiger partial charge on any atom is 0.0312 e. The van der Waals surface area contributed by atoms with Crippen molar-refractivity contribution in [3.05, 3.63) is 30.1 Å². The molecule has 1 aromatic rings. The van der Waals surface area contributed by atoms with Gasteiger partial charge in [-0.25, -0.2) is 0 Å². The van der Waals surface area contributed by atoms with Gasteiger partial charge in [0.15, 0.2) is 0 Å². The van der Waals surface area contributed by atoms with Crippen LogP contribution in [0, 0.1) is 0 Å². The van der Waals surface area contributed by atoms with Crippen molar-refractivity contribution >= 4 is 0 Å². The van der Waals surface area contributed by atoms with Crippen LogP contribution in [0.5, 0.6) is 0 Å². The van der Waals surface area contributed by atoms with E-state index in [-0.39, 0.29) is 6.04 Å². The van der Waals surface area contributed by atoms with E-state index < -0.39 is 0 Å². The molecule has 3 nitrogen and oxygen atoms in total. The van der Waals surface area contributed by atoms with Gasteiger partial charge in [0.1, 0.15) is 0 Å². The highest BCUT2D eigenvalue weighted by Crippen LogP contribution is 1.93. The smallest absolute Gasteiger partial charge is 0.0312 e. The predicted octanol–water partition coefficient (Wildman–Crippen LogP) is 0.518. The molecule has 3 heteroatoms. The third kappa shape index (κ3) is 3.46. The molecule has 1 rings (SSSR count). The maximum atomic E-state index is 5.58. The van der Waals surface area contributed by atoms with Crippen molar-refractivity contribution in [2.75, 3.05) is 6.54 Å². The first-order valence-electron chi connectivity index (χ1n) is 4.14. The van der Waals surface area contributed by atoms with Gasteiger partial charge in [-0.1, -0.05) is 6.07 Å². The molecule has 66 valence electrons. The number of hydrogen-bond acceptors (Lipinski definition) is 3. The normalized spacial score (nSPS) is 12.8. The van der Waals surface area contributed by atoms with Gasteiger partial charge in [-0.2, -0.15) is 0 Å². The lowest BCUT2D eigenvalue weighted by molar-refractivity contribution is 0.607. The Bertz CT molecular complexity index is 208. The summed E-state index contributed by atoms with van der Waals surface area (Å²) in [6.45, 7) is 3.67. The zero-order valence-electron chi connectivity index (χ0n) is 7.33. The Hall–Kier alpha value is -0.930. The topological polar surface area (TPSA) is 50.9 Å². The van der Waals surface area contributed by atoms with E-state index in [2.05, 4.69) is 10.3 Å². The zero-order valence-corrected chi connectivity index (χ0v) is 7.33. The molecule has 0 aliphatic rings. The quantitative estimate of drug-likeness (QED) is 0.683. The Morgan fingerprint density at radius 2 is 2.50 bits per heavy atom. The molecule has 1 heterocycles. The molecule has 0 aliphatic heterocycles. The summed E-state index contributed by atoms with van der Waals surface area (Å²) in [5, 5.41) is 3.24. The van der Waals surface area contributed by atoms with Gasteiger partial charge >= 0.3 is 0 Å². The van der Waals surface area contributed by atoms with Crippen molar-refractivity contribution in [3.63, 3.8) is 0 Å². The third-order valence-corrected chi connectivity index (χ3v) is 1.52. The van der Waals surface area contributed by atoms with E-state index in [9.17, 15) is 0 Å². The van der Waals surface area contributed by atoms with Gasteiger partial charge in [0, 0.05) is 31.5 Å². The molecule has 0 aliphatic carbocycles. The first-order chi connectivity index (χ1) is 5.79. The SMILES string of the molecule is CC(N)CNCc1cccnc1. The lowest BCUT2D eigenvalue weighted by atomic mass is 10.3. The largest absolute Gasteiger partial charge is 0.327 e. The molecule has 1 aromatic heterocycles. The minimum atomic E-state index is 0.210. The summed E-state index contributed by atoms with van der Waals surface area (Å²) < 4.78 is 0. The Balaban J connectivity index is 2.25. The van der Waals surface area contributed by atoms with Crippen LogP contribution >= 0.6 is 0 Å². The molecule has 1 atom stereocenters. The van der Waals surface area contributed by atoms with E-state index in [1.165, 1.54) is 5.56 Å². The van der Waals surface area contributed by atoms with Crippen LogP contribution in [-0.2, 0) is 6.54 Å². The van der Waals surface area contributed by atoms with Crippen molar-refractivity contribution in [2.24, 2.45) is 5.73 Å². The molecule has 3 N–H and O–H groups in total. The summed E-state index contributed by atoms with van der Waals surface area (Å²) in [5.74, 6) is 0. The molecule has 0 bridgehead atoms. The minimum Gasteiger partial charge on any atom is -0.327 e. The molecule has 0 saturated carbocycles. The van der Waals surface area contributed by atoms with Gasteiger partial charge in [0.05, 0.1) is 0 Å². The third-order valence-electron chi connectivity index (χ3n) is 1.52. The highest BCUT2D eigenvalue weighted by atomic mass is 14.9. The number of pyridine rings is 1. The van der Waals surface area contributed by atoms with Crippen molar-refractivity contribution < 1.29 is 0 Å². The summed E-state index contributed by atoms with van der Waals surface area (Å²) in [4.78, 5) is 4.01. The summed E-state index contributed by atoms with van der Waals surface area (Å²) in [6.07, 6.45) is 3.63. The second-order valence-electron chi connectivity index (χ2n) is 2.97. The Morgan fingerprint density at radius 3 is 3.08 bits per heavy atom. The average Bonchev–Trinajstić information content (AvgIpc) is 2.05. The van der Waals surface area contributed by atoms with E-state index >= 15 is 0 Å². The molecule has 0 radical (unpaired) electrons. The van der Waals surface area contributed by atoms with Gasteiger partial charge < -0.3 is 11.1 Å². The zero-order chi connectivity index (χ0) is 8.81. The van der Waals surface area contributed by atoms with Gasteiger partial charge in [0.2, 0.25) is 0 Å². The standard InChI is InChI=1S/C9H15N3/c1-8(10)5-12-7-9-3-2-4-11-6-9/h2-4,6,8,12H,5,7,10H2,1H3. The molecular formula is C9H15N3. The molecule has 0 spiro atoms. The van der Waals surface area contributed by atoms with E-state index in [0.717, 1.165) is 13.1 Å². The minimum absolute atomic E-state index is 0.210. The number of hydrogen-bond donors (Lipinski definition) is 2. The number of aromatic nitrogens is 1. The van der Waals surface area contributed by atoms with Gasteiger partial charge in [0.25, 0.3) is 0 Å². The number of nitrogens with zero attached hydrogens (tertiary/aromatic N) is 1. The van der Waals surface area contributed by atoms with Crippen molar-refractivity contribution in [2.45, 2.75) is 19.5 Å². The summed E-state index contributed by atoms with van der Waals surface area (Å²) in [7, 11) is 0. The van der Waals surface area contributed by atoms with Crippen molar-refractivity contribution in [1.82, 2.24) is 10.3 Å². The Kier molecular flexibility index (Phi) is 3.70. The van der Waals surface area contributed by atoms with E-state index in [1.54, 1.807) is 6.20 Å². The van der Waals surface area contributed by atoms with Crippen LogP contribution in [0.25, 0.3) is 0 Å². The van der Waals surface area contributed by atoms with Crippen LogP contribution in [0.4, 0.5) is 0 Å². The predicted molar refractivity (Wildman–Crippen MR) is 49.6 cm³/mol. The van der Waals surface area contributed by atoms with Crippen LogP contribution in [-0.4, -0.2) is 17.6 Å². The summed E-state index contributed by atoms with van der Waals surface area (Å²) >= 11 is 0. The highest BCUT2D eigenvalue weighted by molar-refractivity contribution is 5.07. The monoisotopic (exact) mass is 165 g/mol. The van der Waals surface area contributed by atoms with Crippen LogP contribution in [0.15, 0.2) is 24.5 Å². The second kappa shape index (κ2) is 4.85. The van der Waals surface area contributed by atoms with Crippen LogP contribution in [0.2, 0.25) is 0 Å². The molecular weight excluding hydrogens is 150 g/mol. The molecule has 0 fully saturated rings. The molecule has 0 aromatic carbocycles. The number of nitrogens with two attached hydrogens (primary N) is 1. The molecule has 0 amide bonds. The lowest BCUT2D eigenvalue weighted by Gasteiger charge is -2.06. The molecule has 12 heavy (non-hydrogen) atoms. The van der Waals surface area contributed by atoms with Crippen molar-refractivity contribution in [1.29, 1.82) is 0 Å². The first kappa shape index (κ1) is 9.16. The van der Waals surface area contributed by atoms with Crippen LogP contribution in [0.1, 0.15) is 12.5 Å². The second-order valence-corrected chi connectivity index (χ2v) is 2.97. The Morgan fingerprint density at radius 1 is 1.67 bits per heavy atom. The van der Waals surface area contributed by atoms with Crippen molar-refractivity contribution in [3.8, 4) is 0 Å². The van der Waals surface area contributed by atoms with Gasteiger partial charge in [-0.05, 0) is 18.6 Å². The fraction of sp³-hybridized carbons (Fsp3) is 0.444. The fourth-order valence-electron chi connectivity index (χ4n) is 0.947. The van der Waals surface area contributed by atoms with Crippen LogP contribution < -0.4 is 11.1 Å². The summed E-state index contributed by atoms with van der Waals surface area (Å²) in [5.41, 5.74) is 6.77. The van der Waals surface area contributed by atoms with Crippen LogP contribution in [0.3, 0.4) is 0 Å². The fourth-order valence-corrected chi connectivity index (χ4v) is 0.947. The molecule has 0 saturated heterocycles. The number of rotatable bonds is 4.